The number of benzene rings is 2. The third-order valence-electron chi connectivity index (χ3n) is 3.35. The second-order valence-electron chi connectivity index (χ2n) is 4.91. The first-order valence-corrected chi connectivity index (χ1v) is 7.15. The van der Waals surface area contributed by atoms with Gasteiger partial charge in [0, 0.05) is 6.07 Å². The van der Waals surface area contributed by atoms with Crippen molar-refractivity contribution >= 4 is 0 Å². The van der Waals surface area contributed by atoms with Crippen LogP contribution in [0.2, 0.25) is 0 Å². The molecule has 0 spiro atoms. The molecule has 0 bridgehead atoms. The Bertz CT molecular complexity index is 652. The van der Waals surface area contributed by atoms with Crippen LogP contribution in [0.4, 0.5) is 4.39 Å². The summed E-state index contributed by atoms with van der Waals surface area (Å²) in [4.78, 5) is 0. The molecule has 0 saturated heterocycles. The first-order chi connectivity index (χ1) is 10.7. The van der Waals surface area contributed by atoms with Crippen LogP contribution in [-0.4, -0.2) is 13.7 Å². The summed E-state index contributed by atoms with van der Waals surface area (Å²) in [5.74, 6) is 0.735. The Morgan fingerprint density at radius 2 is 1.91 bits per heavy atom. The number of nitrogens with zero attached hydrogens (tertiary/aromatic N) is 1. The maximum absolute atomic E-state index is 13.0. The van der Waals surface area contributed by atoms with Crippen molar-refractivity contribution in [1.82, 2.24) is 0 Å². The van der Waals surface area contributed by atoms with Gasteiger partial charge in [-0.3, -0.25) is 0 Å². The largest absolute Gasteiger partial charge is 0.497 e. The third kappa shape index (κ3) is 4.49. The summed E-state index contributed by atoms with van der Waals surface area (Å²) >= 11 is 0. The Kier molecular flexibility index (Phi) is 5.79. The second kappa shape index (κ2) is 8.04. The average Bonchev–Trinajstić information content (AvgIpc) is 2.55. The van der Waals surface area contributed by atoms with Crippen molar-refractivity contribution in [3.05, 3.63) is 59.9 Å². The molecule has 114 valence electrons. The summed E-state index contributed by atoms with van der Waals surface area (Å²) in [6.07, 6.45) is 1.39. The van der Waals surface area contributed by atoms with Gasteiger partial charge in [-0.25, -0.2) is 4.39 Å². The fraction of sp³-hybridized carbons (Fsp3) is 0.278. The van der Waals surface area contributed by atoms with Crippen molar-refractivity contribution in [3.63, 3.8) is 0 Å². The van der Waals surface area contributed by atoms with E-state index in [0.717, 1.165) is 11.3 Å². The van der Waals surface area contributed by atoms with Gasteiger partial charge < -0.3 is 9.47 Å². The molecule has 1 unspecified atom stereocenters. The van der Waals surface area contributed by atoms with E-state index in [1.165, 1.54) is 12.1 Å². The standard InChI is InChI=1S/C18H18FNO2/c1-21-17-8-2-5-14(11-17)15(13-20)6-4-10-22-18-9-3-7-16(19)12-18/h2-3,5,7-9,11-12,15H,4,6,10H2,1H3. The quantitative estimate of drug-likeness (QED) is 0.716. The van der Waals surface area contributed by atoms with Gasteiger partial charge in [-0.2, -0.15) is 5.26 Å². The molecule has 0 aliphatic heterocycles. The molecular formula is C18H18FNO2. The van der Waals surface area contributed by atoms with Crippen molar-refractivity contribution < 1.29 is 13.9 Å². The van der Waals surface area contributed by atoms with Gasteiger partial charge in [0.1, 0.15) is 17.3 Å². The van der Waals surface area contributed by atoms with E-state index in [1.54, 1.807) is 19.2 Å². The number of halogens is 1. The zero-order chi connectivity index (χ0) is 15.8. The zero-order valence-corrected chi connectivity index (χ0v) is 12.5. The number of ether oxygens (including phenoxy) is 2. The molecule has 0 amide bonds. The molecule has 0 fully saturated rings. The third-order valence-corrected chi connectivity index (χ3v) is 3.35. The van der Waals surface area contributed by atoms with Crippen LogP contribution < -0.4 is 9.47 Å². The molecule has 3 nitrogen and oxygen atoms in total. The molecule has 0 N–H and O–H groups in total. The summed E-state index contributed by atoms with van der Waals surface area (Å²) in [6, 6.07) is 15.9. The molecule has 0 saturated carbocycles. The minimum absolute atomic E-state index is 0.203. The zero-order valence-electron chi connectivity index (χ0n) is 12.5. The molecule has 0 aliphatic carbocycles. The topological polar surface area (TPSA) is 42.2 Å². The van der Waals surface area contributed by atoms with E-state index in [1.807, 2.05) is 24.3 Å². The van der Waals surface area contributed by atoms with Crippen LogP contribution in [-0.2, 0) is 0 Å². The van der Waals surface area contributed by atoms with E-state index < -0.39 is 0 Å². The van der Waals surface area contributed by atoms with E-state index in [2.05, 4.69) is 6.07 Å². The minimum atomic E-state index is -0.316. The molecular weight excluding hydrogens is 281 g/mol. The van der Waals surface area contributed by atoms with Crippen LogP contribution in [0.5, 0.6) is 11.5 Å². The lowest BCUT2D eigenvalue weighted by Gasteiger charge is -2.11. The predicted molar refractivity (Wildman–Crippen MR) is 82.5 cm³/mol. The molecule has 1 atom stereocenters. The molecule has 0 aromatic heterocycles. The molecule has 2 rings (SSSR count). The Morgan fingerprint density at radius 1 is 1.14 bits per heavy atom. The average molecular weight is 299 g/mol. The van der Waals surface area contributed by atoms with Crippen LogP contribution in [0.25, 0.3) is 0 Å². The van der Waals surface area contributed by atoms with Crippen molar-refractivity contribution in [1.29, 1.82) is 5.26 Å². The van der Waals surface area contributed by atoms with Gasteiger partial charge in [-0.15, -0.1) is 0 Å². The molecule has 0 aliphatic rings. The molecule has 4 heteroatoms. The Morgan fingerprint density at radius 3 is 2.64 bits per heavy atom. The monoisotopic (exact) mass is 299 g/mol. The van der Waals surface area contributed by atoms with Gasteiger partial charge in [0.2, 0.25) is 0 Å². The highest BCUT2D eigenvalue weighted by atomic mass is 19.1. The van der Waals surface area contributed by atoms with Crippen LogP contribution in [0, 0.1) is 17.1 Å². The van der Waals surface area contributed by atoms with Gasteiger partial charge in [0.05, 0.1) is 25.7 Å². The van der Waals surface area contributed by atoms with Crippen molar-refractivity contribution in [2.24, 2.45) is 0 Å². The maximum Gasteiger partial charge on any atom is 0.126 e. The van der Waals surface area contributed by atoms with Crippen LogP contribution in [0.1, 0.15) is 24.3 Å². The SMILES string of the molecule is COc1cccc(C(C#N)CCCOc2cccc(F)c2)c1. The first-order valence-electron chi connectivity index (χ1n) is 7.15. The van der Waals surface area contributed by atoms with Crippen LogP contribution in [0.3, 0.4) is 0 Å². The summed E-state index contributed by atoms with van der Waals surface area (Å²) < 4.78 is 23.7. The van der Waals surface area contributed by atoms with Gasteiger partial charge >= 0.3 is 0 Å². The highest BCUT2D eigenvalue weighted by molar-refractivity contribution is 5.33. The summed E-state index contributed by atoms with van der Waals surface area (Å²) in [7, 11) is 1.60. The normalized spacial score (nSPS) is 11.5. The highest BCUT2D eigenvalue weighted by Crippen LogP contribution is 2.24. The molecule has 22 heavy (non-hydrogen) atoms. The molecule has 2 aromatic carbocycles. The maximum atomic E-state index is 13.0. The lowest BCUT2D eigenvalue weighted by atomic mass is 9.96. The van der Waals surface area contributed by atoms with E-state index in [9.17, 15) is 9.65 Å². The lowest BCUT2D eigenvalue weighted by Crippen LogP contribution is -2.02. The highest BCUT2D eigenvalue weighted by Gasteiger charge is 2.11. The van der Waals surface area contributed by atoms with E-state index >= 15 is 0 Å². The number of methoxy groups -OCH3 is 1. The summed E-state index contributed by atoms with van der Waals surface area (Å²) in [5, 5.41) is 9.31. The van der Waals surface area contributed by atoms with E-state index in [4.69, 9.17) is 9.47 Å². The van der Waals surface area contributed by atoms with Crippen molar-refractivity contribution in [2.45, 2.75) is 18.8 Å². The van der Waals surface area contributed by atoms with E-state index in [-0.39, 0.29) is 11.7 Å². The van der Waals surface area contributed by atoms with Gasteiger partial charge in [-0.05, 0) is 42.7 Å². The fourth-order valence-electron chi connectivity index (χ4n) is 2.20. The Labute approximate surface area is 129 Å². The lowest BCUT2D eigenvalue weighted by molar-refractivity contribution is 0.303. The minimum Gasteiger partial charge on any atom is -0.497 e. The van der Waals surface area contributed by atoms with Crippen molar-refractivity contribution in [2.75, 3.05) is 13.7 Å². The van der Waals surface area contributed by atoms with Gasteiger partial charge in [0.15, 0.2) is 0 Å². The number of hydrogen-bond acceptors (Lipinski definition) is 3. The van der Waals surface area contributed by atoms with Crippen molar-refractivity contribution in [3.8, 4) is 17.6 Å². The summed E-state index contributed by atoms with van der Waals surface area (Å²) in [5.41, 5.74) is 0.938. The Hall–Kier alpha value is -2.54. The molecule has 2 aromatic rings. The second-order valence-corrected chi connectivity index (χ2v) is 4.91. The predicted octanol–water partition coefficient (Wildman–Crippen LogP) is 4.30. The van der Waals surface area contributed by atoms with Crippen LogP contribution >= 0.6 is 0 Å². The number of hydrogen-bond donors (Lipinski definition) is 0. The van der Waals surface area contributed by atoms with Gasteiger partial charge in [-0.1, -0.05) is 18.2 Å². The van der Waals surface area contributed by atoms with Gasteiger partial charge in [0.25, 0.3) is 0 Å². The molecule has 0 radical (unpaired) electrons. The fourth-order valence-corrected chi connectivity index (χ4v) is 2.20. The van der Waals surface area contributed by atoms with Crippen LogP contribution in [0.15, 0.2) is 48.5 Å². The Balaban J connectivity index is 1.85. The number of rotatable bonds is 7. The smallest absolute Gasteiger partial charge is 0.126 e. The molecule has 0 heterocycles. The first kappa shape index (κ1) is 15.8. The summed E-state index contributed by atoms with van der Waals surface area (Å²) in [6.45, 7) is 0.450. The number of nitriles is 1. The van der Waals surface area contributed by atoms with E-state index in [0.29, 0.717) is 25.2 Å².